The van der Waals surface area contributed by atoms with Gasteiger partial charge in [-0.25, -0.2) is 23.5 Å². The summed E-state index contributed by atoms with van der Waals surface area (Å²) in [6.45, 7) is 3.82. The monoisotopic (exact) mass is 545 g/mol. The van der Waals surface area contributed by atoms with E-state index in [1.807, 2.05) is 13.8 Å². The topological polar surface area (TPSA) is 139 Å². The molecule has 33 heavy (non-hydrogen) atoms. The molecule has 0 atom stereocenters. The highest BCUT2D eigenvalue weighted by Gasteiger charge is 2.19. The van der Waals surface area contributed by atoms with Crippen molar-refractivity contribution < 1.29 is 13.2 Å². The van der Waals surface area contributed by atoms with Crippen molar-refractivity contribution in [3.63, 3.8) is 0 Å². The number of carbonyl (C=O) groups excluding carboxylic acids is 1. The molecule has 3 aromatic rings. The third-order valence-electron chi connectivity index (χ3n) is 4.52. The van der Waals surface area contributed by atoms with E-state index in [9.17, 15) is 18.5 Å². The predicted molar refractivity (Wildman–Crippen MR) is 131 cm³/mol. The van der Waals surface area contributed by atoms with Gasteiger partial charge < -0.3 is 5.32 Å². The molecule has 0 bridgehead atoms. The van der Waals surface area contributed by atoms with Gasteiger partial charge in [0.25, 0.3) is 0 Å². The van der Waals surface area contributed by atoms with E-state index in [1.54, 1.807) is 24.3 Å². The zero-order valence-electron chi connectivity index (χ0n) is 17.7. The minimum Gasteiger partial charge on any atom is -0.339 e. The molecule has 2 aromatic carbocycles. The van der Waals surface area contributed by atoms with Crippen LogP contribution < -0.4 is 10.5 Å². The Morgan fingerprint density at radius 1 is 1.15 bits per heavy atom. The van der Waals surface area contributed by atoms with Crippen LogP contribution in [0.5, 0.6) is 0 Å². The van der Waals surface area contributed by atoms with Crippen molar-refractivity contribution in [1.29, 1.82) is 5.26 Å². The molecule has 1 heterocycles. The lowest BCUT2D eigenvalue weighted by Gasteiger charge is -2.14. The van der Waals surface area contributed by atoms with E-state index in [2.05, 4.69) is 37.3 Å². The van der Waals surface area contributed by atoms with Gasteiger partial charge in [-0.3, -0.25) is 4.79 Å². The van der Waals surface area contributed by atoms with Gasteiger partial charge >= 0.3 is 0 Å². The average Bonchev–Trinajstić information content (AvgIpc) is 2.77. The minimum atomic E-state index is -3.81. The SMILES string of the molecule is CC(C)c1nc(SCC(=O)c2ccc(Br)cc2)nc(Nc2ccc(S(N)(=O)=O)cc2)c1C#N. The molecule has 0 aliphatic rings. The van der Waals surface area contributed by atoms with E-state index >= 15 is 0 Å². The number of hydrogen-bond donors (Lipinski definition) is 2. The van der Waals surface area contributed by atoms with Gasteiger partial charge in [0.1, 0.15) is 11.6 Å². The number of aromatic nitrogens is 2. The van der Waals surface area contributed by atoms with Crippen LogP contribution in [-0.2, 0) is 10.0 Å². The first-order valence-electron chi connectivity index (χ1n) is 9.72. The molecule has 0 aliphatic carbocycles. The van der Waals surface area contributed by atoms with Crippen molar-refractivity contribution in [2.75, 3.05) is 11.1 Å². The number of anilines is 2. The van der Waals surface area contributed by atoms with Crippen molar-refractivity contribution >= 4 is 55.0 Å². The quantitative estimate of drug-likeness (QED) is 0.238. The highest BCUT2D eigenvalue weighted by atomic mass is 79.9. The molecule has 170 valence electrons. The Hall–Kier alpha value is -2.78. The van der Waals surface area contributed by atoms with Crippen molar-refractivity contribution in [1.82, 2.24) is 9.97 Å². The van der Waals surface area contributed by atoms with E-state index in [0.717, 1.165) is 4.47 Å². The van der Waals surface area contributed by atoms with Crippen LogP contribution in [0.2, 0.25) is 0 Å². The fraction of sp³-hybridized carbons (Fsp3) is 0.182. The number of Topliss-reactive ketones (excluding diaryl/α,β-unsaturated/α-hetero) is 1. The van der Waals surface area contributed by atoms with Gasteiger partial charge in [0.2, 0.25) is 10.0 Å². The number of ketones is 1. The maximum absolute atomic E-state index is 12.5. The summed E-state index contributed by atoms with van der Waals surface area (Å²) in [6.07, 6.45) is 0. The number of nitriles is 1. The lowest BCUT2D eigenvalue weighted by Crippen LogP contribution is -2.12. The van der Waals surface area contributed by atoms with Crippen LogP contribution in [-0.4, -0.2) is 29.9 Å². The van der Waals surface area contributed by atoms with Gasteiger partial charge in [0.15, 0.2) is 16.8 Å². The number of thioether (sulfide) groups is 1. The second-order valence-electron chi connectivity index (χ2n) is 7.29. The fourth-order valence-corrected chi connectivity index (χ4v) is 4.38. The summed E-state index contributed by atoms with van der Waals surface area (Å²) in [5.74, 6) is 0.278. The van der Waals surface area contributed by atoms with Crippen LogP contribution in [0.25, 0.3) is 0 Å². The summed E-state index contributed by atoms with van der Waals surface area (Å²) in [5.41, 5.74) is 1.93. The van der Waals surface area contributed by atoms with E-state index in [0.29, 0.717) is 22.1 Å². The summed E-state index contributed by atoms with van der Waals surface area (Å²) >= 11 is 4.53. The van der Waals surface area contributed by atoms with Gasteiger partial charge in [-0.15, -0.1) is 0 Å². The first-order valence-corrected chi connectivity index (χ1v) is 13.0. The number of primary sulfonamides is 1. The molecule has 0 radical (unpaired) electrons. The number of nitrogens with one attached hydrogen (secondary N) is 1. The Balaban J connectivity index is 1.89. The van der Waals surface area contributed by atoms with Gasteiger partial charge in [0, 0.05) is 15.7 Å². The third-order valence-corrected chi connectivity index (χ3v) is 6.82. The van der Waals surface area contributed by atoms with Crippen molar-refractivity contribution in [3.05, 3.63) is 69.8 Å². The first kappa shape index (κ1) is 24.9. The molecular weight excluding hydrogens is 526 g/mol. The molecule has 0 spiro atoms. The normalized spacial score (nSPS) is 11.3. The minimum absolute atomic E-state index is 0.0261. The second-order valence-corrected chi connectivity index (χ2v) is 10.7. The molecule has 0 aliphatic heterocycles. The smallest absolute Gasteiger partial charge is 0.238 e. The Bertz CT molecular complexity index is 1320. The highest BCUT2D eigenvalue weighted by molar-refractivity contribution is 9.10. The van der Waals surface area contributed by atoms with Crippen LogP contribution in [0.3, 0.4) is 0 Å². The summed E-state index contributed by atoms with van der Waals surface area (Å²) in [4.78, 5) is 21.5. The second kappa shape index (κ2) is 10.4. The van der Waals surface area contributed by atoms with Gasteiger partial charge in [-0.1, -0.05) is 53.7 Å². The van der Waals surface area contributed by atoms with Crippen LogP contribution >= 0.6 is 27.7 Å². The maximum atomic E-state index is 12.5. The molecule has 0 fully saturated rings. The van der Waals surface area contributed by atoms with E-state index in [1.165, 1.54) is 36.0 Å². The van der Waals surface area contributed by atoms with Crippen molar-refractivity contribution in [2.45, 2.75) is 29.8 Å². The van der Waals surface area contributed by atoms with E-state index < -0.39 is 10.0 Å². The number of nitrogens with two attached hydrogens (primary N) is 1. The molecule has 1 aromatic heterocycles. The number of sulfonamides is 1. The zero-order valence-corrected chi connectivity index (χ0v) is 21.0. The number of carbonyl (C=O) groups is 1. The summed E-state index contributed by atoms with van der Waals surface area (Å²) in [6, 6.07) is 15.0. The van der Waals surface area contributed by atoms with Gasteiger partial charge in [0.05, 0.1) is 16.3 Å². The van der Waals surface area contributed by atoms with Gasteiger partial charge in [-0.05, 0) is 42.3 Å². The Morgan fingerprint density at radius 2 is 1.79 bits per heavy atom. The maximum Gasteiger partial charge on any atom is 0.238 e. The van der Waals surface area contributed by atoms with Crippen molar-refractivity contribution in [3.8, 4) is 6.07 Å². The Morgan fingerprint density at radius 3 is 2.33 bits per heavy atom. The van der Waals surface area contributed by atoms with Crippen molar-refractivity contribution in [2.24, 2.45) is 5.14 Å². The lowest BCUT2D eigenvalue weighted by molar-refractivity contribution is 0.102. The van der Waals surface area contributed by atoms with E-state index in [4.69, 9.17) is 5.14 Å². The molecule has 8 nitrogen and oxygen atoms in total. The molecule has 3 N–H and O–H groups in total. The molecule has 0 saturated heterocycles. The summed E-state index contributed by atoms with van der Waals surface area (Å²) in [5, 5.41) is 18.3. The molecule has 3 rings (SSSR count). The Kier molecular flexibility index (Phi) is 7.86. The number of benzene rings is 2. The highest BCUT2D eigenvalue weighted by Crippen LogP contribution is 2.29. The molecule has 11 heteroatoms. The summed E-state index contributed by atoms with van der Waals surface area (Å²) < 4.78 is 23.8. The van der Waals surface area contributed by atoms with Crippen LogP contribution in [0, 0.1) is 11.3 Å². The first-order chi connectivity index (χ1) is 15.6. The summed E-state index contributed by atoms with van der Waals surface area (Å²) in [7, 11) is -3.81. The standard InChI is InChI=1S/C22H20BrN5O3S2/c1-13(2)20-18(11-24)21(26-16-7-9-17(10-8-16)33(25,30)31)28-22(27-20)32-12-19(29)14-3-5-15(23)6-4-14/h3-10,13H,12H2,1-2H3,(H2,25,30,31)(H,26,27,28). The fourth-order valence-electron chi connectivity index (χ4n) is 2.85. The average molecular weight is 546 g/mol. The van der Waals surface area contributed by atoms with Crippen LogP contribution in [0.4, 0.5) is 11.5 Å². The predicted octanol–water partition coefficient (Wildman–Crippen LogP) is 4.60. The van der Waals surface area contributed by atoms with E-state index in [-0.39, 0.29) is 33.7 Å². The zero-order chi connectivity index (χ0) is 24.2. The van der Waals surface area contributed by atoms with Crippen LogP contribution in [0.15, 0.2) is 63.1 Å². The van der Waals surface area contributed by atoms with Crippen LogP contribution in [0.1, 0.15) is 41.4 Å². The number of rotatable bonds is 8. The third kappa shape index (κ3) is 6.39. The number of nitrogens with zero attached hydrogens (tertiary/aromatic N) is 3. The molecular formula is C22H20BrN5O3S2. The largest absolute Gasteiger partial charge is 0.339 e. The molecule has 0 saturated carbocycles. The van der Waals surface area contributed by atoms with Gasteiger partial charge in [-0.2, -0.15) is 5.26 Å². The molecule has 0 unspecified atom stereocenters. The number of halogens is 1. The Labute approximate surface area is 204 Å². The lowest BCUT2D eigenvalue weighted by atomic mass is 10.1. The number of hydrogen-bond acceptors (Lipinski definition) is 8. The molecule has 0 amide bonds.